The van der Waals surface area contributed by atoms with Crippen molar-refractivity contribution in [1.82, 2.24) is 19.0 Å². The Morgan fingerprint density at radius 1 is 1.27 bits per heavy atom. The van der Waals surface area contributed by atoms with Crippen LogP contribution in [-0.2, 0) is 16.6 Å². The molecule has 136 valence electrons. The van der Waals surface area contributed by atoms with E-state index in [2.05, 4.69) is 10.3 Å². The minimum Gasteiger partial charge on any atom is -0.346 e. The molecule has 2 heterocycles. The topological polar surface area (TPSA) is 83.8 Å². The first kappa shape index (κ1) is 18.4. The summed E-state index contributed by atoms with van der Waals surface area (Å²) in [4.78, 5) is 16.9. The van der Waals surface area contributed by atoms with Gasteiger partial charge in [0.05, 0.1) is 27.7 Å². The Balaban J connectivity index is 1.81. The molecule has 1 N–H and O–H groups in total. The highest BCUT2D eigenvalue weighted by atomic mass is 35.5. The summed E-state index contributed by atoms with van der Waals surface area (Å²) in [5, 5.41) is 2.89. The molecule has 0 fully saturated rings. The van der Waals surface area contributed by atoms with Gasteiger partial charge in [-0.3, -0.25) is 4.79 Å². The molecular weight excluding hydrogens is 376 g/mol. The molecule has 26 heavy (non-hydrogen) atoms. The van der Waals surface area contributed by atoms with Gasteiger partial charge < -0.3 is 9.72 Å². The number of hydrogen-bond acceptors (Lipinski definition) is 4. The SMILES string of the molecule is CN(C)S(=O)(=O)c1ccc(Cl)c(C(=O)NCc2cn3ccccc3n2)c1. The van der Waals surface area contributed by atoms with E-state index >= 15 is 0 Å². The average molecular weight is 393 g/mol. The van der Waals surface area contributed by atoms with Crippen molar-refractivity contribution in [2.45, 2.75) is 11.4 Å². The van der Waals surface area contributed by atoms with Gasteiger partial charge in [-0.1, -0.05) is 17.7 Å². The maximum absolute atomic E-state index is 12.5. The van der Waals surface area contributed by atoms with Crippen molar-refractivity contribution in [1.29, 1.82) is 0 Å². The molecule has 9 heteroatoms. The van der Waals surface area contributed by atoms with Crippen LogP contribution in [0.4, 0.5) is 0 Å². The number of aromatic nitrogens is 2. The molecule has 0 unspecified atom stereocenters. The number of fused-ring (bicyclic) bond motifs is 1. The Hall–Kier alpha value is -2.42. The lowest BCUT2D eigenvalue weighted by molar-refractivity contribution is 0.0950. The van der Waals surface area contributed by atoms with Gasteiger partial charge in [-0.15, -0.1) is 0 Å². The lowest BCUT2D eigenvalue weighted by Gasteiger charge is -2.13. The van der Waals surface area contributed by atoms with E-state index in [0.717, 1.165) is 9.95 Å². The van der Waals surface area contributed by atoms with Gasteiger partial charge in [-0.05, 0) is 30.3 Å². The average Bonchev–Trinajstić information content (AvgIpc) is 3.02. The van der Waals surface area contributed by atoms with Crippen LogP contribution in [0.2, 0.25) is 5.02 Å². The molecule has 3 rings (SSSR count). The third kappa shape index (κ3) is 3.57. The molecular formula is C17H17ClN4O3S. The first-order chi connectivity index (χ1) is 12.3. The number of amides is 1. The summed E-state index contributed by atoms with van der Waals surface area (Å²) < 4.78 is 27.4. The van der Waals surface area contributed by atoms with Crippen molar-refractivity contribution in [2.75, 3.05) is 14.1 Å². The molecule has 0 aliphatic heterocycles. The lowest BCUT2D eigenvalue weighted by atomic mass is 10.2. The highest BCUT2D eigenvalue weighted by molar-refractivity contribution is 7.89. The Kier molecular flexibility index (Phi) is 4.99. The molecule has 7 nitrogen and oxygen atoms in total. The van der Waals surface area contributed by atoms with Gasteiger partial charge in [0, 0.05) is 26.5 Å². The molecule has 0 radical (unpaired) electrons. The Morgan fingerprint density at radius 2 is 2.04 bits per heavy atom. The minimum absolute atomic E-state index is 0.00443. The normalized spacial score (nSPS) is 11.8. The number of carbonyl (C=O) groups is 1. The number of imidazole rings is 1. The highest BCUT2D eigenvalue weighted by Crippen LogP contribution is 2.22. The lowest BCUT2D eigenvalue weighted by Crippen LogP contribution is -2.25. The Bertz CT molecular complexity index is 1040. The number of pyridine rings is 1. The van der Waals surface area contributed by atoms with Crippen LogP contribution >= 0.6 is 11.6 Å². The second-order valence-corrected chi connectivity index (χ2v) is 8.37. The zero-order valence-corrected chi connectivity index (χ0v) is 15.8. The zero-order valence-electron chi connectivity index (χ0n) is 14.2. The highest BCUT2D eigenvalue weighted by Gasteiger charge is 2.20. The first-order valence-corrected chi connectivity index (χ1v) is 9.54. The molecule has 0 saturated carbocycles. The summed E-state index contributed by atoms with van der Waals surface area (Å²) in [6.45, 7) is 0.196. The van der Waals surface area contributed by atoms with Crippen molar-refractivity contribution in [3.63, 3.8) is 0 Å². The molecule has 2 aromatic heterocycles. The number of benzene rings is 1. The van der Waals surface area contributed by atoms with Crippen LogP contribution in [0.3, 0.4) is 0 Å². The minimum atomic E-state index is -3.66. The fourth-order valence-electron chi connectivity index (χ4n) is 2.39. The van der Waals surface area contributed by atoms with Gasteiger partial charge in [-0.2, -0.15) is 0 Å². The number of sulfonamides is 1. The summed E-state index contributed by atoms with van der Waals surface area (Å²) in [5.74, 6) is -0.470. The maximum atomic E-state index is 12.5. The van der Waals surface area contributed by atoms with Gasteiger partial charge in [0.25, 0.3) is 5.91 Å². The van der Waals surface area contributed by atoms with Gasteiger partial charge in [0.1, 0.15) is 5.65 Å². The van der Waals surface area contributed by atoms with E-state index in [4.69, 9.17) is 11.6 Å². The van der Waals surface area contributed by atoms with Crippen molar-refractivity contribution in [3.05, 3.63) is 65.1 Å². The van der Waals surface area contributed by atoms with E-state index < -0.39 is 15.9 Å². The number of halogens is 1. The molecule has 1 aromatic carbocycles. The summed E-state index contributed by atoms with van der Waals surface area (Å²) in [6.07, 6.45) is 3.67. The smallest absolute Gasteiger partial charge is 0.253 e. The van der Waals surface area contributed by atoms with Gasteiger partial charge in [-0.25, -0.2) is 17.7 Å². The van der Waals surface area contributed by atoms with E-state index in [-0.39, 0.29) is 22.0 Å². The van der Waals surface area contributed by atoms with Crippen LogP contribution in [0.25, 0.3) is 5.65 Å². The molecule has 0 saturated heterocycles. The standard InChI is InChI=1S/C17H17ClN4O3S/c1-21(2)26(24,25)13-6-7-15(18)14(9-13)17(23)19-10-12-11-22-8-4-3-5-16(22)20-12/h3-9,11H,10H2,1-2H3,(H,19,23). The quantitative estimate of drug-likeness (QED) is 0.721. The molecule has 0 spiro atoms. The summed E-state index contributed by atoms with van der Waals surface area (Å²) >= 11 is 6.08. The van der Waals surface area contributed by atoms with Crippen LogP contribution in [-0.4, -0.2) is 42.1 Å². The van der Waals surface area contributed by atoms with Crippen molar-refractivity contribution in [2.24, 2.45) is 0 Å². The molecule has 0 aliphatic rings. The molecule has 0 bridgehead atoms. The fourth-order valence-corrected chi connectivity index (χ4v) is 3.52. The number of nitrogens with one attached hydrogen (secondary N) is 1. The molecule has 0 atom stereocenters. The second kappa shape index (κ2) is 7.06. The van der Waals surface area contributed by atoms with E-state index in [0.29, 0.717) is 5.69 Å². The largest absolute Gasteiger partial charge is 0.346 e. The second-order valence-electron chi connectivity index (χ2n) is 5.81. The maximum Gasteiger partial charge on any atom is 0.253 e. The fraction of sp³-hybridized carbons (Fsp3) is 0.176. The molecule has 3 aromatic rings. The molecule has 1 amide bonds. The number of nitrogens with zero attached hydrogens (tertiary/aromatic N) is 3. The van der Waals surface area contributed by atoms with Crippen LogP contribution < -0.4 is 5.32 Å². The van der Waals surface area contributed by atoms with Gasteiger partial charge in [0.15, 0.2) is 0 Å². The predicted octanol–water partition coefficient (Wildman–Crippen LogP) is 2.17. The van der Waals surface area contributed by atoms with Gasteiger partial charge >= 0.3 is 0 Å². The Morgan fingerprint density at radius 3 is 2.73 bits per heavy atom. The molecule has 0 aliphatic carbocycles. The van der Waals surface area contributed by atoms with Crippen LogP contribution in [0.5, 0.6) is 0 Å². The number of rotatable bonds is 5. The first-order valence-electron chi connectivity index (χ1n) is 7.72. The number of carbonyl (C=O) groups excluding carboxylic acids is 1. The third-order valence-corrected chi connectivity index (χ3v) is 5.95. The summed E-state index contributed by atoms with van der Waals surface area (Å²) in [5.41, 5.74) is 1.55. The van der Waals surface area contributed by atoms with Crippen LogP contribution in [0, 0.1) is 0 Å². The van der Waals surface area contributed by atoms with Crippen molar-refractivity contribution >= 4 is 33.2 Å². The zero-order chi connectivity index (χ0) is 18.9. The van der Waals surface area contributed by atoms with Crippen molar-refractivity contribution < 1.29 is 13.2 Å². The van der Waals surface area contributed by atoms with Crippen LogP contribution in [0.15, 0.2) is 53.7 Å². The van der Waals surface area contributed by atoms with Gasteiger partial charge in [0.2, 0.25) is 10.0 Å². The third-order valence-electron chi connectivity index (χ3n) is 3.80. The summed E-state index contributed by atoms with van der Waals surface area (Å²) in [6, 6.07) is 9.66. The Labute approximate surface area is 156 Å². The van der Waals surface area contributed by atoms with E-state index in [1.54, 1.807) is 0 Å². The number of hydrogen-bond donors (Lipinski definition) is 1. The van der Waals surface area contributed by atoms with E-state index in [1.807, 2.05) is 35.0 Å². The monoisotopic (exact) mass is 392 g/mol. The van der Waals surface area contributed by atoms with Crippen LogP contribution in [0.1, 0.15) is 16.1 Å². The summed E-state index contributed by atoms with van der Waals surface area (Å²) in [7, 11) is -0.808. The van der Waals surface area contributed by atoms with E-state index in [1.165, 1.54) is 32.3 Å². The van der Waals surface area contributed by atoms with Crippen molar-refractivity contribution in [3.8, 4) is 0 Å². The predicted molar refractivity (Wildman–Crippen MR) is 98.7 cm³/mol. The van der Waals surface area contributed by atoms with E-state index in [9.17, 15) is 13.2 Å².